The van der Waals surface area contributed by atoms with E-state index in [0.717, 1.165) is 50.7 Å². The summed E-state index contributed by atoms with van der Waals surface area (Å²) in [4.78, 5) is 51.8. The number of methoxy groups -OCH3 is 2. The van der Waals surface area contributed by atoms with Crippen LogP contribution in [0.5, 0.6) is 29.4 Å². The van der Waals surface area contributed by atoms with E-state index in [1.54, 1.807) is 0 Å². The van der Waals surface area contributed by atoms with Crippen LogP contribution in [0, 0.1) is 48.1 Å². The van der Waals surface area contributed by atoms with Crippen LogP contribution < -0.4 is 29.2 Å². The third-order valence-corrected chi connectivity index (χ3v) is 7.66. The lowest BCUT2D eigenvalue weighted by molar-refractivity contribution is -0.386. The predicted molar refractivity (Wildman–Crippen MR) is 207 cm³/mol. The summed E-state index contributed by atoms with van der Waals surface area (Å²) in [5, 5.41) is 32.5. The van der Waals surface area contributed by atoms with Gasteiger partial charge in [0.25, 0.3) is 23.2 Å². The zero-order chi connectivity index (χ0) is 41.7. The van der Waals surface area contributed by atoms with E-state index in [2.05, 4.69) is 56.5 Å². The molecule has 0 radical (unpaired) electrons. The van der Waals surface area contributed by atoms with Crippen molar-refractivity contribution in [2.45, 2.75) is 80.1 Å². The number of nitrogens with one attached hydrogen (secondary N) is 1. The van der Waals surface area contributed by atoms with Crippen molar-refractivity contribution in [2.75, 3.05) is 34.0 Å². The molecule has 0 saturated heterocycles. The molecule has 0 spiro atoms. The van der Waals surface area contributed by atoms with Crippen LogP contribution in [0.15, 0.2) is 29.1 Å². The van der Waals surface area contributed by atoms with Gasteiger partial charge in [-0.1, -0.05) is 64.7 Å². The van der Waals surface area contributed by atoms with Crippen molar-refractivity contribution < 1.29 is 38.5 Å². The molecule has 3 rings (SSSR count). The van der Waals surface area contributed by atoms with E-state index in [1.807, 2.05) is 0 Å². The Morgan fingerprint density at radius 3 is 1.45 bits per heavy atom. The zero-order valence-corrected chi connectivity index (χ0v) is 33.8. The number of aromatic nitrogens is 3. The van der Waals surface area contributed by atoms with Gasteiger partial charge in [0, 0.05) is 24.3 Å². The summed E-state index contributed by atoms with van der Waals surface area (Å²) < 4.78 is 25.8. The van der Waals surface area contributed by atoms with Crippen molar-refractivity contribution in [2.24, 2.45) is 17.8 Å². The highest BCUT2D eigenvalue weighted by Gasteiger charge is 2.22. The second-order valence-corrected chi connectivity index (χ2v) is 13.9. The molecule has 0 aliphatic carbocycles. The Labute approximate surface area is 329 Å². The molecule has 55 heavy (non-hydrogen) atoms. The Hall–Kier alpha value is -4.97. The van der Waals surface area contributed by atoms with Crippen molar-refractivity contribution in [1.82, 2.24) is 15.0 Å². The highest BCUT2D eigenvalue weighted by Crippen LogP contribution is 2.35. The largest absolute Gasteiger partial charge is 0.480 e. The molecule has 18 nitrogen and oxygen atoms in total. The Balaban J connectivity index is 0.000000413. The van der Waals surface area contributed by atoms with Gasteiger partial charge in [-0.3, -0.25) is 40.1 Å². The van der Waals surface area contributed by atoms with Crippen molar-refractivity contribution in [3.63, 3.8) is 0 Å². The van der Waals surface area contributed by atoms with E-state index in [-0.39, 0.29) is 56.5 Å². The van der Waals surface area contributed by atoms with Crippen LogP contribution in [0.4, 0.5) is 17.1 Å². The normalized spacial score (nSPS) is 10.6. The van der Waals surface area contributed by atoms with Gasteiger partial charge in [0.05, 0.1) is 48.8 Å². The first-order valence-electron chi connectivity index (χ1n) is 17.5. The summed E-state index contributed by atoms with van der Waals surface area (Å²) in [6.07, 6.45) is 5.47. The number of hydrogen-bond acceptors (Lipinski definition) is 14. The SMILES string of the molecule is CC(C)CCCOc1[nH]c(=O)ccc1[N+](=O)[O-].COc1nc(OCCCC(C)C)c(Cl)cc1[N+](=O)[O-].COc1nc(OCCCC(C)C)c([N+](=O)[O-])cc1Cl. The lowest BCUT2D eigenvalue weighted by atomic mass is 10.1. The van der Waals surface area contributed by atoms with E-state index >= 15 is 0 Å². The summed E-state index contributed by atoms with van der Waals surface area (Å²) in [6.45, 7) is 13.8. The van der Waals surface area contributed by atoms with Crippen molar-refractivity contribution in [3.8, 4) is 29.4 Å². The fourth-order valence-corrected chi connectivity index (χ4v) is 4.77. The molecule has 306 valence electrons. The summed E-state index contributed by atoms with van der Waals surface area (Å²) in [6, 6.07) is 4.63. The van der Waals surface area contributed by atoms with Crippen molar-refractivity contribution in [3.05, 3.63) is 75.0 Å². The van der Waals surface area contributed by atoms with E-state index in [1.165, 1.54) is 26.4 Å². The molecule has 0 unspecified atom stereocenters. The summed E-state index contributed by atoms with van der Waals surface area (Å²) in [7, 11) is 2.70. The van der Waals surface area contributed by atoms with Gasteiger partial charge >= 0.3 is 17.1 Å². The standard InChI is InChI=1S/2C12H17ClN2O4.C11H16N2O4/c1-8(2)5-4-6-19-11-9(13)7-10(15(16)17)12(14-11)18-3;1-8(2)5-4-6-19-12-10(15(16)17)7-9(13)11(14-12)18-3;1-8(2)4-3-7-17-11-9(13(15)16)5-6-10(14)12-11/h2*7-8H,4-6H2,1-3H3;5-6,8H,3-4,7H2,1-2H3,(H,12,14). The predicted octanol–water partition coefficient (Wildman–Crippen LogP) is 9.03. The Morgan fingerprint density at radius 2 is 1.02 bits per heavy atom. The second-order valence-electron chi connectivity index (χ2n) is 13.1. The monoisotopic (exact) mass is 816 g/mol. The number of aromatic amines is 1. The van der Waals surface area contributed by atoms with Crippen LogP contribution in [-0.2, 0) is 0 Å². The maximum Gasteiger partial charge on any atom is 0.332 e. The molecule has 0 atom stereocenters. The lowest BCUT2D eigenvalue weighted by Gasteiger charge is -2.09. The molecule has 0 aliphatic rings. The van der Waals surface area contributed by atoms with Crippen LogP contribution in [0.25, 0.3) is 0 Å². The fraction of sp³-hybridized carbons (Fsp3) is 0.571. The molecule has 1 N–H and O–H groups in total. The number of rotatable bonds is 20. The van der Waals surface area contributed by atoms with Crippen LogP contribution in [0.1, 0.15) is 80.1 Å². The van der Waals surface area contributed by atoms with Gasteiger partial charge in [-0.15, -0.1) is 0 Å². The summed E-state index contributed by atoms with van der Waals surface area (Å²) >= 11 is 11.7. The molecular weight excluding hydrogens is 767 g/mol. The lowest BCUT2D eigenvalue weighted by Crippen LogP contribution is -2.10. The van der Waals surface area contributed by atoms with Crippen LogP contribution >= 0.6 is 23.2 Å². The first kappa shape index (κ1) is 48.0. The van der Waals surface area contributed by atoms with Gasteiger partial charge in [0.15, 0.2) is 0 Å². The minimum atomic E-state index is -0.597. The quantitative estimate of drug-likeness (QED) is 0.0636. The molecule has 3 heterocycles. The smallest absolute Gasteiger partial charge is 0.332 e. The zero-order valence-electron chi connectivity index (χ0n) is 32.3. The Bertz CT molecular complexity index is 1740. The number of nitrogens with zero attached hydrogens (tertiary/aromatic N) is 5. The number of H-pyrrole nitrogens is 1. The Kier molecular flexibility index (Phi) is 22.0. The van der Waals surface area contributed by atoms with Gasteiger partial charge in [0.1, 0.15) is 10.0 Å². The number of halogens is 2. The molecule has 0 fully saturated rings. The van der Waals surface area contributed by atoms with Gasteiger partial charge in [-0.05, 0) is 56.3 Å². The average molecular weight is 818 g/mol. The third kappa shape index (κ3) is 18.3. The highest BCUT2D eigenvalue weighted by molar-refractivity contribution is 6.32. The van der Waals surface area contributed by atoms with E-state index in [0.29, 0.717) is 37.6 Å². The fourth-order valence-electron chi connectivity index (χ4n) is 4.34. The molecule has 20 heteroatoms. The maximum absolute atomic E-state index is 11.0. The van der Waals surface area contributed by atoms with Gasteiger partial charge in [-0.25, -0.2) is 0 Å². The summed E-state index contributed by atoms with van der Waals surface area (Å²) in [5.74, 6) is 1.77. The highest BCUT2D eigenvalue weighted by atomic mass is 35.5. The van der Waals surface area contributed by atoms with Gasteiger partial charge < -0.3 is 23.7 Å². The minimum Gasteiger partial charge on any atom is -0.480 e. The second kappa shape index (κ2) is 25.2. The van der Waals surface area contributed by atoms with Gasteiger partial charge in [0.2, 0.25) is 11.8 Å². The number of pyridine rings is 3. The molecule has 0 bridgehead atoms. The van der Waals surface area contributed by atoms with Crippen LogP contribution in [-0.4, -0.2) is 63.8 Å². The first-order valence-corrected chi connectivity index (χ1v) is 18.2. The first-order chi connectivity index (χ1) is 25.9. The number of nitro groups is 3. The van der Waals surface area contributed by atoms with Crippen molar-refractivity contribution in [1.29, 1.82) is 0 Å². The van der Waals surface area contributed by atoms with E-state index in [4.69, 9.17) is 46.9 Å². The van der Waals surface area contributed by atoms with E-state index < -0.39 is 20.3 Å². The number of ether oxygens (including phenoxy) is 5. The molecule has 0 saturated carbocycles. The van der Waals surface area contributed by atoms with Gasteiger partial charge in [-0.2, -0.15) is 9.97 Å². The average Bonchev–Trinajstić information content (AvgIpc) is 3.11. The molecule has 0 amide bonds. The molecule has 3 aromatic rings. The minimum absolute atomic E-state index is 0.0602. The third-order valence-electron chi connectivity index (χ3n) is 7.12. The summed E-state index contributed by atoms with van der Waals surface area (Å²) in [5.41, 5.74) is -1.15. The molecular formula is C35H50Cl2N6O12. The topological polar surface area (TPSA) is 234 Å². The molecule has 0 aliphatic heterocycles. The number of hydrogen-bond donors (Lipinski definition) is 1. The Morgan fingerprint density at radius 1 is 0.618 bits per heavy atom. The molecule has 0 aromatic carbocycles. The van der Waals surface area contributed by atoms with Crippen molar-refractivity contribution >= 4 is 40.3 Å². The van der Waals surface area contributed by atoms with E-state index in [9.17, 15) is 35.1 Å². The van der Waals surface area contributed by atoms with Crippen LogP contribution in [0.3, 0.4) is 0 Å². The molecule has 3 aromatic heterocycles. The maximum atomic E-state index is 11.0. The van der Waals surface area contributed by atoms with Crippen LogP contribution in [0.2, 0.25) is 10.0 Å².